The van der Waals surface area contributed by atoms with Gasteiger partial charge in [-0.05, 0) is 62.0 Å². The third-order valence-corrected chi connectivity index (χ3v) is 7.21. The summed E-state index contributed by atoms with van der Waals surface area (Å²) in [6.07, 6.45) is 6.38. The molecule has 0 aliphatic heterocycles. The van der Waals surface area contributed by atoms with Crippen molar-refractivity contribution in [3.8, 4) is 11.4 Å². The molecular formula is C22H22ClFN6. The van der Waals surface area contributed by atoms with Gasteiger partial charge in [-0.1, -0.05) is 18.5 Å². The Kier molecular flexibility index (Phi) is 4.62. The molecule has 2 bridgehead atoms. The predicted octanol–water partition coefficient (Wildman–Crippen LogP) is 5.91. The molecule has 0 saturated heterocycles. The number of hydrogen-bond donors (Lipinski definition) is 2. The van der Waals surface area contributed by atoms with E-state index in [0.717, 1.165) is 0 Å². The molecule has 30 heavy (non-hydrogen) atoms. The molecule has 3 aliphatic carbocycles. The average molecular weight is 425 g/mol. The van der Waals surface area contributed by atoms with E-state index in [9.17, 15) is 0 Å². The SMILES string of the molecule is [C-]#[N+]c1c(-c2[nH]nc3ncc(Cl)cc23)nc(N[C@@H]2C3CCC(CC3)[C@H]2C)c(F)c1C. The highest BCUT2D eigenvalue weighted by atomic mass is 35.5. The summed E-state index contributed by atoms with van der Waals surface area (Å²) in [4.78, 5) is 12.4. The number of nitrogens with zero attached hydrogens (tertiary/aromatic N) is 4. The second kappa shape index (κ2) is 7.21. The van der Waals surface area contributed by atoms with Gasteiger partial charge in [-0.2, -0.15) is 5.10 Å². The van der Waals surface area contributed by atoms with Gasteiger partial charge in [0.15, 0.2) is 17.3 Å². The Morgan fingerprint density at radius 1 is 1.27 bits per heavy atom. The van der Waals surface area contributed by atoms with Crippen molar-refractivity contribution in [1.29, 1.82) is 0 Å². The third-order valence-electron chi connectivity index (χ3n) is 7.00. The molecule has 2 atom stereocenters. The number of fused-ring (bicyclic) bond motifs is 4. The standard InChI is InChI=1S/C22H22ClFN6/c1-10-12-4-6-13(7-5-12)17(10)27-22-16(24)11(2)18(25-3)20(28-22)19-15-8-14(23)9-26-21(15)30-29-19/h8-10,12-13,17H,4-7H2,1-2H3,(H,27,28)(H,26,29,30)/t10-,12?,13?,17+/m1/s1. The first-order valence-electron chi connectivity index (χ1n) is 10.3. The van der Waals surface area contributed by atoms with Gasteiger partial charge in [0.25, 0.3) is 0 Å². The molecule has 0 radical (unpaired) electrons. The Morgan fingerprint density at radius 3 is 2.70 bits per heavy atom. The highest BCUT2D eigenvalue weighted by molar-refractivity contribution is 6.31. The average Bonchev–Trinajstić information content (AvgIpc) is 3.16. The van der Waals surface area contributed by atoms with Crippen molar-refractivity contribution in [3.05, 3.63) is 40.1 Å². The summed E-state index contributed by atoms with van der Waals surface area (Å²) in [7, 11) is 0. The maximum Gasteiger partial charge on any atom is 0.220 e. The quantitative estimate of drug-likeness (QED) is 0.513. The molecule has 3 aromatic rings. The van der Waals surface area contributed by atoms with Crippen LogP contribution in [0.3, 0.4) is 0 Å². The van der Waals surface area contributed by atoms with Crippen molar-refractivity contribution in [3.63, 3.8) is 0 Å². The van der Waals surface area contributed by atoms with E-state index in [0.29, 0.717) is 45.2 Å². The van der Waals surface area contributed by atoms with Crippen LogP contribution in [0.1, 0.15) is 38.2 Å². The van der Waals surface area contributed by atoms with E-state index >= 15 is 4.39 Å². The molecule has 3 saturated carbocycles. The minimum Gasteiger partial charge on any atom is -0.364 e. The van der Waals surface area contributed by atoms with Crippen molar-refractivity contribution >= 4 is 34.1 Å². The number of hydrogen-bond acceptors (Lipinski definition) is 4. The van der Waals surface area contributed by atoms with Crippen LogP contribution in [0, 0.1) is 37.1 Å². The Labute approximate surface area is 179 Å². The maximum absolute atomic E-state index is 15.2. The summed E-state index contributed by atoms with van der Waals surface area (Å²) >= 11 is 6.12. The fourth-order valence-electron chi connectivity index (χ4n) is 5.29. The molecule has 3 aliphatic rings. The summed E-state index contributed by atoms with van der Waals surface area (Å²) in [5, 5.41) is 11.6. The fourth-order valence-corrected chi connectivity index (χ4v) is 5.45. The van der Waals surface area contributed by atoms with E-state index in [1.807, 2.05) is 0 Å². The summed E-state index contributed by atoms with van der Waals surface area (Å²) < 4.78 is 15.2. The van der Waals surface area contributed by atoms with Crippen molar-refractivity contribution in [1.82, 2.24) is 20.2 Å². The molecule has 3 heterocycles. The van der Waals surface area contributed by atoms with Gasteiger partial charge in [-0.3, -0.25) is 5.10 Å². The highest BCUT2D eigenvalue weighted by Crippen LogP contribution is 2.46. The molecule has 6 rings (SSSR count). The zero-order valence-corrected chi connectivity index (χ0v) is 17.6. The van der Waals surface area contributed by atoms with Crippen LogP contribution in [0.2, 0.25) is 5.02 Å². The lowest BCUT2D eigenvalue weighted by atomic mass is 9.62. The molecule has 3 aromatic heterocycles. The number of nitrogens with one attached hydrogen (secondary N) is 2. The molecule has 0 aromatic carbocycles. The monoisotopic (exact) mass is 424 g/mol. The molecule has 3 fully saturated rings. The minimum absolute atomic E-state index is 0.168. The third kappa shape index (κ3) is 2.93. The molecule has 0 amide bonds. The molecule has 8 heteroatoms. The van der Waals surface area contributed by atoms with E-state index in [-0.39, 0.29) is 23.1 Å². The second-order valence-electron chi connectivity index (χ2n) is 8.54. The van der Waals surface area contributed by atoms with Crippen molar-refractivity contribution < 1.29 is 4.39 Å². The van der Waals surface area contributed by atoms with Gasteiger partial charge >= 0.3 is 0 Å². The van der Waals surface area contributed by atoms with Crippen LogP contribution in [0.5, 0.6) is 0 Å². The van der Waals surface area contributed by atoms with E-state index in [1.54, 1.807) is 13.0 Å². The molecule has 0 spiro atoms. The van der Waals surface area contributed by atoms with Gasteiger partial charge in [0.2, 0.25) is 5.69 Å². The number of anilines is 1. The lowest BCUT2D eigenvalue weighted by Crippen LogP contribution is -2.47. The van der Waals surface area contributed by atoms with Gasteiger partial charge in [0.05, 0.1) is 23.0 Å². The van der Waals surface area contributed by atoms with Crippen LogP contribution in [-0.4, -0.2) is 26.2 Å². The van der Waals surface area contributed by atoms with Crippen LogP contribution in [0.25, 0.3) is 27.3 Å². The summed E-state index contributed by atoms with van der Waals surface area (Å²) in [6.45, 7) is 11.5. The molecule has 2 N–H and O–H groups in total. The van der Waals surface area contributed by atoms with Crippen LogP contribution in [0.4, 0.5) is 15.9 Å². The number of aromatic nitrogens is 4. The van der Waals surface area contributed by atoms with Gasteiger partial charge in [0.1, 0.15) is 0 Å². The van der Waals surface area contributed by atoms with Crippen molar-refractivity contribution in [2.75, 3.05) is 5.32 Å². The van der Waals surface area contributed by atoms with E-state index in [1.165, 1.54) is 31.9 Å². The Balaban J connectivity index is 1.62. The van der Waals surface area contributed by atoms with Crippen LogP contribution < -0.4 is 5.32 Å². The molecule has 6 nitrogen and oxygen atoms in total. The smallest absolute Gasteiger partial charge is 0.220 e. The minimum atomic E-state index is -0.460. The number of aromatic amines is 1. The van der Waals surface area contributed by atoms with Gasteiger partial charge in [-0.25, -0.2) is 19.2 Å². The van der Waals surface area contributed by atoms with Gasteiger partial charge in [0, 0.05) is 17.6 Å². The summed E-state index contributed by atoms with van der Waals surface area (Å²) in [5.74, 6) is 1.43. The number of rotatable bonds is 3. The van der Waals surface area contributed by atoms with Crippen LogP contribution >= 0.6 is 11.6 Å². The lowest BCUT2D eigenvalue weighted by Gasteiger charge is -2.47. The van der Waals surface area contributed by atoms with E-state index in [2.05, 4.69) is 37.3 Å². The fraction of sp³-hybridized carbons (Fsp3) is 0.455. The first-order valence-corrected chi connectivity index (χ1v) is 10.7. The second-order valence-corrected chi connectivity index (χ2v) is 8.97. The maximum atomic E-state index is 15.2. The van der Waals surface area contributed by atoms with Crippen LogP contribution in [0.15, 0.2) is 12.3 Å². The molecular weight excluding hydrogens is 403 g/mol. The lowest BCUT2D eigenvalue weighted by molar-refractivity contribution is 0.0926. The highest BCUT2D eigenvalue weighted by Gasteiger charge is 2.41. The zero-order valence-electron chi connectivity index (χ0n) is 16.8. The number of pyridine rings is 2. The first kappa shape index (κ1) is 19.3. The Morgan fingerprint density at radius 2 is 2.00 bits per heavy atom. The van der Waals surface area contributed by atoms with Crippen LogP contribution in [-0.2, 0) is 0 Å². The predicted molar refractivity (Wildman–Crippen MR) is 115 cm³/mol. The molecule has 154 valence electrons. The summed E-state index contributed by atoms with van der Waals surface area (Å²) in [5.41, 5.74) is 1.81. The summed E-state index contributed by atoms with van der Waals surface area (Å²) in [6, 6.07) is 1.92. The number of halogens is 2. The molecule has 0 unspecified atom stereocenters. The normalized spacial score (nSPS) is 25.4. The van der Waals surface area contributed by atoms with Crippen molar-refractivity contribution in [2.24, 2.45) is 17.8 Å². The van der Waals surface area contributed by atoms with Crippen molar-refractivity contribution in [2.45, 2.75) is 45.6 Å². The van der Waals surface area contributed by atoms with E-state index in [4.69, 9.17) is 18.2 Å². The number of H-pyrrole nitrogens is 1. The van der Waals surface area contributed by atoms with E-state index < -0.39 is 5.82 Å². The topological polar surface area (TPSA) is 70.8 Å². The first-order chi connectivity index (χ1) is 14.5. The Hall–Kier alpha value is -2.72. The van der Waals surface area contributed by atoms with Gasteiger partial charge in [-0.15, -0.1) is 0 Å². The Bertz CT molecular complexity index is 1170. The largest absolute Gasteiger partial charge is 0.364 e. The van der Waals surface area contributed by atoms with Gasteiger partial charge < -0.3 is 5.32 Å². The zero-order chi connectivity index (χ0) is 21.0.